The number of benzene rings is 3. The van der Waals surface area contributed by atoms with Crippen LogP contribution in [0.3, 0.4) is 0 Å². The third-order valence-electron chi connectivity index (χ3n) is 4.30. The molecule has 0 heterocycles. The number of halogens is 2. The molecule has 0 spiro atoms. The average Bonchev–Trinajstić information content (AvgIpc) is 2.68. The highest BCUT2D eigenvalue weighted by molar-refractivity contribution is 9.10. The first kappa shape index (κ1) is 19.8. The van der Waals surface area contributed by atoms with E-state index in [-0.39, 0.29) is 0 Å². The van der Waals surface area contributed by atoms with Crippen LogP contribution in [0, 0.1) is 6.92 Å². The van der Waals surface area contributed by atoms with E-state index in [1.165, 1.54) is 5.56 Å². The molecule has 0 aromatic heterocycles. The van der Waals surface area contributed by atoms with Gasteiger partial charge in [0, 0.05) is 21.2 Å². The smallest absolute Gasteiger partial charge is 0.162 e. The minimum absolute atomic E-state index is 0.506. The summed E-state index contributed by atoms with van der Waals surface area (Å²) in [5.41, 5.74) is 4.53. The van der Waals surface area contributed by atoms with Gasteiger partial charge in [0.25, 0.3) is 0 Å². The van der Waals surface area contributed by atoms with E-state index in [0.717, 1.165) is 37.3 Å². The van der Waals surface area contributed by atoms with Gasteiger partial charge >= 0.3 is 0 Å². The van der Waals surface area contributed by atoms with Gasteiger partial charge in [-0.1, -0.05) is 56.1 Å². The average molecular weight is 491 g/mol. The van der Waals surface area contributed by atoms with Gasteiger partial charge in [0.1, 0.15) is 6.61 Å². The highest BCUT2D eigenvalue weighted by Crippen LogP contribution is 2.34. The molecule has 0 saturated carbocycles. The number of hydrogen-bond donors (Lipinski definition) is 1. The molecule has 0 aliphatic rings. The number of anilines is 1. The molecular weight excluding hydrogens is 470 g/mol. The summed E-state index contributed by atoms with van der Waals surface area (Å²) in [6.07, 6.45) is 0. The Labute approximate surface area is 177 Å². The van der Waals surface area contributed by atoms with E-state index in [4.69, 9.17) is 9.47 Å². The summed E-state index contributed by atoms with van der Waals surface area (Å²) in [6.45, 7) is 3.27. The number of nitrogens with one attached hydrogen (secondary N) is 1. The first-order valence-electron chi connectivity index (χ1n) is 8.60. The van der Waals surface area contributed by atoms with Crippen molar-refractivity contribution in [2.24, 2.45) is 0 Å². The van der Waals surface area contributed by atoms with Crippen LogP contribution in [0.1, 0.15) is 16.7 Å². The monoisotopic (exact) mass is 489 g/mol. The van der Waals surface area contributed by atoms with Crippen molar-refractivity contribution in [2.45, 2.75) is 20.1 Å². The second-order valence-electron chi connectivity index (χ2n) is 6.17. The zero-order valence-corrected chi connectivity index (χ0v) is 18.4. The van der Waals surface area contributed by atoms with E-state index in [0.29, 0.717) is 13.2 Å². The van der Waals surface area contributed by atoms with Crippen LogP contribution >= 0.6 is 31.9 Å². The molecule has 0 aliphatic heterocycles. The SMILES string of the molecule is COc1cc(CNc2ccc(Br)cc2)c(Br)cc1OCc1ccccc1C. The van der Waals surface area contributed by atoms with Crippen LogP contribution in [-0.4, -0.2) is 7.11 Å². The largest absolute Gasteiger partial charge is 0.493 e. The van der Waals surface area contributed by atoms with Crippen LogP contribution < -0.4 is 14.8 Å². The molecule has 0 bridgehead atoms. The van der Waals surface area contributed by atoms with Crippen molar-refractivity contribution in [3.63, 3.8) is 0 Å². The van der Waals surface area contributed by atoms with Gasteiger partial charge in [0.15, 0.2) is 11.5 Å². The summed E-state index contributed by atoms with van der Waals surface area (Å²) >= 11 is 7.10. The molecule has 1 N–H and O–H groups in total. The summed E-state index contributed by atoms with van der Waals surface area (Å²) in [4.78, 5) is 0. The normalized spacial score (nSPS) is 10.5. The Morgan fingerprint density at radius 3 is 2.33 bits per heavy atom. The lowest BCUT2D eigenvalue weighted by atomic mass is 10.1. The van der Waals surface area contributed by atoms with Crippen LogP contribution in [0.4, 0.5) is 5.69 Å². The summed E-state index contributed by atoms with van der Waals surface area (Å²) in [5, 5.41) is 3.42. The van der Waals surface area contributed by atoms with Crippen molar-refractivity contribution in [1.29, 1.82) is 0 Å². The second kappa shape index (κ2) is 9.29. The van der Waals surface area contributed by atoms with Crippen molar-refractivity contribution in [1.82, 2.24) is 0 Å². The Bertz CT molecular complexity index is 911. The maximum absolute atomic E-state index is 6.03. The molecule has 5 heteroatoms. The molecule has 0 atom stereocenters. The van der Waals surface area contributed by atoms with Crippen LogP contribution in [-0.2, 0) is 13.2 Å². The summed E-state index contributed by atoms with van der Waals surface area (Å²) < 4.78 is 13.6. The zero-order valence-electron chi connectivity index (χ0n) is 15.3. The van der Waals surface area contributed by atoms with Crippen LogP contribution in [0.2, 0.25) is 0 Å². The van der Waals surface area contributed by atoms with Gasteiger partial charge in [-0.25, -0.2) is 0 Å². The maximum Gasteiger partial charge on any atom is 0.162 e. The van der Waals surface area contributed by atoms with Gasteiger partial charge < -0.3 is 14.8 Å². The van der Waals surface area contributed by atoms with Crippen molar-refractivity contribution in [3.8, 4) is 11.5 Å². The molecule has 0 saturated heterocycles. The molecule has 3 aromatic rings. The lowest BCUT2D eigenvalue weighted by molar-refractivity contribution is 0.283. The van der Waals surface area contributed by atoms with Gasteiger partial charge in [-0.2, -0.15) is 0 Å². The quantitative estimate of drug-likeness (QED) is 0.398. The Morgan fingerprint density at radius 1 is 0.889 bits per heavy atom. The van der Waals surface area contributed by atoms with Crippen molar-refractivity contribution in [3.05, 3.63) is 86.3 Å². The van der Waals surface area contributed by atoms with E-state index in [1.54, 1.807) is 7.11 Å². The molecule has 0 amide bonds. The molecule has 0 fully saturated rings. The Hall–Kier alpha value is -1.98. The van der Waals surface area contributed by atoms with E-state index >= 15 is 0 Å². The minimum Gasteiger partial charge on any atom is -0.493 e. The standard InChI is InChI=1S/C22H21Br2NO2/c1-15-5-3-4-6-16(15)14-27-22-12-20(24)17(11-21(22)26-2)13-25-19-9-7-18(23)8-10-19/h3-12,25H,13-14H2,1-2H3. The molecule has 0 aliphatic carbocycles. The lowest BCUT2D eigenvalue weighted by Gasteiger charge is -2.15. The fourth-order valence-electron chi connectivity index (χ4n) is 2.68. The Morgan fingerprint density at radius 2 is 1.63 bits per heavy atom. The van der Waals surface area contributed by atoms with Crippen LogP contribution in [0.5, 0.6) is 11.5 Å². The molecule has 0 radical (unpaired) electrons. The highest BCUT2D eigenvalue weighted by atomic mass is 79.9. The van der Waals surface area contributed by atoms with Gasteiger partial charge in [-0.05, 0) is 60.0 Å². The fraction of sp³-hybridized carbons (Fsp3) is 0.182. The predicted molar refractivity (Wildman–Crippen MR) is 118 cm³/mol. The second-order valence-corrected chi connectivity index (χ2v) is 7.94. The number of methoxy groups -OCH3 is 1. The minimum atomic E-state index is 0.506. The van der Waals surface area contributed by atoms with Gasteiger partial charge in [0.2, 0.25) is 0 Å². The third kappa shape index (κ3) is 5.27. The molecule has 3 nitrogen and oxygen atoms in total. The number of rotatable bonds is 7. The van der Waals surface area contributed by atoms with Crippen molar-refractivity contribution < 1.29 is 9.47 Å². The molecule has 140 valence electrons. The highest BCUT2D eigenvalue weighted by Gasteiger charge is 2.11. The maximum atomic E-state index is 6.03. The summed E-state index contributed by atoms with van der Waals surface area (Å²) in [6, 6.07) is 20.3. The van der Waals surface area contributed by atoms with Gasteiger partial charge in [-0.3, -0.25) is 0 Å². The molecule has 27 heavy (non-hydrogen) atoms. The van der Waals surface area contributed by atoms with Gasteiger partial charge in [-0.15, -0.1) is 0 Å². The Balaban J connectivity index is 1.72. The predicted octanol–water partition coefficient (Wildman–Crippen LogP) is 6.72. The van der Waals surface area contributed by atoms with E-state index in [2.05, 4.69) is 56.2 Å². The molecule has 0 unspecified atom stereocenters. The molecule has 3 rings (SSSR count). The number of ether oxygens (including phenoxy) is 2. The van der Waals surface area contributed by atoms with Gasteiger partial charge in [0.05, 0.1) is 7.11 Å². The van der Waals surface area contributed by atoms with E-state index in [9.17, 15) is 0 Å². The number of aryl methyl sites for hydroxylation is 1. The summed E-state index contributed by atoms with van der Waals surface area (Å²) in [5.74, 6) is 1.44. The third-order valence-corrected chi connectivity index (χ3v) is 5.57. The Kier molecular flexibility index (Phi) is 6.80. The fourth-order valence-corrected chi connectivity index (χ4v) is 3.40. The lowest BCUT2D eigenvalue weighted by Crippen LogP contribution is -2.03. The molecular formula is C22H21Br2NO2. The molecule has 3 aromatic carbocycles. The van der Waals surface area contributed by atoms with Crippen molar-refractivity contribution >= 4 is 37.5 Å². The first-order valence-corrected chi connectivity index (χ1v) is 10.2. The number of hydrogen-bond acceptors (Lipinski definition) is 3. The van der Waals surface area contributed by atoms with E-state index < -0.39 is 0 Å². The van der Waals surface area contributed by atoms with Crippen LogP contribution in [0.15, 0.2) is 69.6 Å². The summed E-state index contributed by atoms with van der Waals surface area (Å²) in [7, 11) is 1.66. The van der Waals surface area contributed by atoms with Crippen molar-refractivity contribution in [2.75, 3.05) is 12.4 Å². The van der Waals surface area contributed by atoms with E-state index in [1.807, 2.05) is 48.5 Å². The zero-order chi connectivity index (χ0) is 19.2. The topological polar surface area (TPSA) is 30.5 Å². The van der Waals surface area contributed by atoms with Crippen LogP contribution in [0.25, 0.3) is 0 Å². The first-order chi connectivity index (χ1) is 13.1.